The summed E-state index contributed by atoms with van der Waals surface area (Å²) < 4.78 is 95.4. The largest absolute Gasteiger partial charge is 0.388 e. The van der Waals surface area contributed by atoms with Gasteiger partial charge >= 0.3 is 10.2 Å². The summed E-state index contributed by atoms with van der Waals surface area (Å²) in [6.07, 6.45) is 3.07. The van der Waals surface area contributed by atoms with Gasteiger partial charge in [-0.05, 0) is 56.9 Å². The van der Waals surface area contributed by atoms with Crippen LogP contribution in [0.4, 0.5) is 33.9 Å². The lowest BCUT2D eigenvalue weighted by Gasteiger charge is -2.41. The zero-order valence-electron chi connectivity index (χ0n) is 23.5. The zero-order chi connectivity index (χ0) is 32.4. The highest BCUT2D eigenvalue weighted by Crippen LogP contribution is 3.02. The number of aromatic amines is 1. The number of carbonyl (C=O) groups is 2. The van der Waals surface area contributed by atoms with Crippen LogP contribution < -0.4 is 10.2 Å². The molecule has 1 aliphatic heterocycles. The second kappa shape index (κ2) is 9.99. The summed E-state index contributed by atoms with van der Waals surface area (Å²) in [5.41, 5.74) is -1.25. The van der Waals surface area contributed by atoms with Crippen molar-refractivity contribution in [2.75, 3.05) is 11.4 Å². The topological polar surface area (TPSA) is 125 Å². The number of hydrogen-bond donors (Lipinski definition) is 3. The van der Waals surface area contributed by atoms with E-state index in [0.717, 1.165) is 9.80 Å². The molecule has 2 aliphatic carbocycles. The minimum absolute atomic E-state index is 0.0768. The molecule has 0 radical (unpaired) electrons. The number of likely N-dealkylation sites (tertiary alicyclic amines) is 1. The van der Waals surface area contributed by atoms with Crippen LogP contribution in [0.15, 0.2) is 35.4 Å². The zero-order valence-corrected chi connectivity index (χ0v) is 24.3. The van der Waals surface area contributed by atoms with Crippen molar-refractivity contribution in [3.63, 3.8) is 0 Å². The summed E-state index contributed by atoms with van der Waals surface area (Å²) in [4.78, 5) is 27.9. The Balaban J connectivity index is 1.61. The molecule has 5 rings (SSSR count). The van der Waals surface area contributed by atoms with E-state index in [2.05, 4.69) is 15.5 Å². The second-order valence-electron chi connectivity index (χ2n) is 12.2. The number of β-amino-alcohol motifs (C(OH)–C–C–N with tert-alkyl or cyclic N) is 1. The lowest BCUT2D eigenvalue weighted by Crippen LogP contribution is -2.52. The fourth-order valence-corrected chi connectivity index (χ4v) is 6.56. The summed E-state index contributed by atoms with van der Waals surface area (Å²) in [5, 5.41) is 29.8. The van der Waals surface area contributed by atoms with Gasteiger partial charge in [-0.1, -0.05) is 19.4 Å². The first-order chi connectivity index (χ1) is 20.2. The highest BCUT2D eigenvalue weighted by Gasteiger charge is 2.65. The summed E-state index contributed by atoms with van der Waals surface area (Å²) in [6.45, 7) is 1.12. The van der Waals surface area contributed by atoms with Crippen molar-refractivity contribution < 1.29 is 42.9 Å². The van der Waals surface area contributed by atoms with Crippen LogP contribution in [0.2, 0.25) is 0 Å². The second-order valence-corrected chi connectivity index (χ2v) is 14.6. The van der Waals surface area contributed by atoms with Crippen molar-refractivity contribution in [2.24, 2.45) is 0 Å². The number of carbonyl (C=O) groups excluding carboxylic acids is 2. The Labute approximate surface area is 248 Å². The monoisotopic (exact) mass is 652 g/mol. The number of nitrogens with zero attached hydrogens (tertiary/aromatic N) is 4. The van der Waals surface area contributed by atoms with Crippen molar-refractivity contribution in [1.82, 2.24) is 20.4 Å². The fourth-order valence-electron chi connectivity index (χ4n) is 5.91. The Morgan fingerprint density at radius 2 is 1.75 bits per heavy atom. The Kier molecular flexibility index (Phi) is 7.24. The van der Waals surface area contributed by atoms with Crippen LogP contribution in [-0.2, 0) is 9.59 Å². The maximum atomic E-state index is 14.3. The molecule has 0 spiro atoms. The van der Waals surface area contributed by atoms with Gasteiger partial charge in [0.25, 0.3) is 5.91 Å². The normalized spacial score (nSPS) is 26.3. The molecule has 1 aromatic carbocycles. The molecular weight excluding hydrogens is 621 g/mol. The number of H-pyrrole nitrogens is 1. The molecule has 242 valence electrons. The molecule has 3 fully saturated rings. The number of nitrogens with one attached hydrogen (secondary N) is 2. The molecule has 9 nitrogen and oxygen atoms in total. The number of aromatic nitrogens is 2. The lowest BCUT2D eigenvalue weighted by atomic mass is 9.91. The maximum Gasteiger partial charge on any atom is 0.310 e. The Morgan fingerprint density at radius 1 is 1.14 bits per heavy atom. The van der Waals surface area contributed by atoms with Crippen molar-refractivity contribution in [3.8, 4) is 6.19 Å². The number of nitriles is 1. The number of benzene rings is 1. The fraction of sp³-hybridized carbons (Fsp3) is 0.556. The van der Waals surface area contributed by atoms with Gasteiger partial charge in [-0.2, -0.15) is 10.4 Å². The average molecular weight is 653 g/mol. The molecule has 1 aromatic heterocycles. The molecule has 44 heavy (non-hydrogen) atoms. The predicted octanol–water partition coefficient (Wildman–Crippen LogP) is 6.02. The summed E-state index contributed by atoms with van der Waals surface area (Å²) in [7, 11) is -10.1. The van der Waals surface area contributed by atoms with Crippen LogP contribution in [0.5, 0.6) is 0 Å². The number of hydrogen-bond acceptors (Lipinski definition) is 6. The van der Waals surface area contributed by atoms with Gasteiger partial charge in [0.05, 0.1) is 18.3 Å². The third kappa shape index (κ3) is 6.75. The number of aliphatic hydroxyl groups is 1. The van der Waals surface area contributed by atoms with Crippen LogP contribution in [0.1, 0.15) is 75.1 Å². The van der Waals surface area contributed by atoms with Crippen molar-refractivity contribution in [2.45, 2.75) is 92.3 Å². The maximum absolute atomic E-state index is 14.3. The highest BCUT2D eigenvalue weighted by atomic mass is 32.5. The lowest BCUT2D eigenvalue weighted by molar-refractivity contribution is -0.129. The molecule has 1 unspecified atom stereocenters. The van der Waals surface area contributed by atoms with E-state index in [-0.39, 0.29) is 55.1 Å². The molecule has 3 N–H and O–H groups in total. The van der Waals surface area contributed by atoms with E-state index in [0.29, 0.717) is 30.7 Å². The molecule has 3 aliphatic rings. The van der Waals surface area contributed by atoms with Gasteiger partial charge in [0.15, 0.2) is 6.19 Å². The van der Waals surface area contributed by atoms with E-state index in [1.165, 1.54) is 13.1 Å². The van der Waals surface area contributed by atoms with Gasteiger partial charge in [0.2, 0.25) is 11.8 Å². The van der Waals surface area contributed by atoms with E-state index >= 15 is 0 Å². The summed E-state index contributed by atoms with van der Waals surface area (Å²) in [5.74, 6) is -4.81. The SMILES string of the molecule is C[C@@]1(O)C[C@H](C(=O)N(c2ccc(S(F)(F)(F)(F)F)cc2)C(C(=O)NC2CCC(F)(F)CC2)c2cn[nH]c2C2CC2)N(C#N)C1. The first-order valence-corrected chi connectivity index (χ1v) is 15.9. The first-order valence-electron chi connectivity index (χ1n) is 14.0. The quantitative estimate of drug-likeness (QED) is 0.237. The van der Waals surface area contributed by atoms with Crippen molar-refractivity contribution in [3.05, 3.63) is 41.7 Å². The third-order valence-corrected chi connectivity index (χ3v) is 9.44. The number of halogens is 7. The third-order valence-electron chi connectivity index (χ3n) is 8.28. The van der Waals surface area contributed by atoms with Crippen LogP contribution in [0, 0.1) is 11.5 Å². The standard InChI is InChI=1S/C27H31F7N6O3S/c1-26(43)12-21(39(14-26)15-35)25(42)40(18-4-6-19(7-5-18)44(30,31,32,33)34)23(20-13-36-38-22(20)16-2-3-16)24(41)37-17-8-10-27(28,29)11-9-17/h4-7,13,16-17,21,23,43H,2-3,8-12,14H2,1H3,(H,36,38)(H,37,41)/t21-,23?,26-/m1/s1. The number of anilines is 1. The van der Waals surface area contributed by atoms with E-state index in [1.807, 2.05) is 0 Å². The first kappa shape index (κ1) is 31.9. The number of alkyl halides is 2. The van der Waals surface area contributed by atoms with Gasteiger partial charge in [0, 0.05) is 48.2 Å². The van der Waals surface area contributed by atoms with Crippen molar-refractivity contribution >= 4 is 27.7 Å². The predicted molar refractivity (Wildman–Crippen MR) is 145 cm³/mol. The molecule has 2 aromatic rings. The minimum Gasteiger partial charge on any atom is -0.388 e. The van der Waals surface area contributed by atoms with Crippen molar-refractivity contribution in [1.29, 1.82) is 5.26 Å². The molecule has 3 atom stereocenters. The summed E-state index contributed by atoms with van der Waals surface area (Å²) >= 11 is 0. The van der Waals surface area contributed by atoms with E-state index in [4.69, 9.17) is 0 Å². The van der Waals surface area contributed by atoms with Gasteiger partial charge in [0.1, 0.15) is 17.0 Å². The molecule has 2 saturated carbocycles. The van der Waals surface area contributed by atoms with Gasteiger partial charge in [-0.15, -0.1) is 0 Å². The van der Waals surface area contributed by atoms with Crippen LogP contribution in [0.25, 0.3) is 0 Å². The smallest absolute Gasteiger partial charge is 0.310 e. The minimum atomic E-state index is -10.1. The van der Waals surface area contributed by atoms with Gasteiger partial charge < -0.3 is 10.4 Å². The molecule has 2 heterocycles. The number of rotatable bonds is 8. The molecule has 0 bridgehead atoms. The van der Waals surface area contributed by atoms with Crippen LogP contribution in [-0.4, -0.2) is 62.2 Å². The Hall–Kier alpha value is -3.52. The highest BCUT2D eigenvalue weighted by molar-refractivity contribution is 8.45. The van der Waals surface area contributed by atoms with Crippen LogP contribution >= 0.6 is 10.2 Å². The van der Waals surface area contributed by atoms with Gasteiger partial charge in [-0.25, -0.2) is 8.78 Å². The molecule has 17 heteroatoms. The summed E-state index contributed by atoms with van der Waals surface area (Å²) in [6, 6.07) is -2.24. The number of amides is 2. The average Bonchev–Trinajstić information content (AvgIpc) is 3.55. The molecule has 1 saturated heterocycles. The molecule has 2 amide bonds. The van der Waals surface area contributed by atoms with Crippen LogP contribution in [0.3, 0.4) is 0 Å². The van der Waals surface area contributed by atoms with E-state index in [1.54, 1.807) is 6.19 Å². The Morgan fingerprint density at radius 3 is 2.30 bits per heavy atom. The van der Waals surface area contributed by atoms with E-state index < -0.39 is 69.4 Å². The van der Waals surface area contributed by atoms with E-state index in [9.17, 15) is 48.2 Å². The molecular formula is C27H31F7N6O3S. The van der Waals surface area contributed by atoms with Gasteiger partial charge in [-0.3, -0.25) is 24.5 Å². The Bertz CT molecular complexity index is 1480.